The van der Waals surface area contributed by atoms with Gasteiger partial charge in [0.05, 0.1) is 17.4 Å². The Balaban J connectivity index is 1.25. The summed E-state index contributed by atoms with van der Waals surface area (Å²) in [5, 5.41) is 10.8. The molecule has 39 heavy (non-hydrogen) atoms. The molecule has 7 rings (SSSR count). The van der Waals surface area contributed by atoms with E-state index >= 15 is 4.39 Å². The molecule has 0 spiro atoms. The molecule has 0 atom stereocenters. The van der Waals surface area contributed by atoms with Crippen LogP contribution in [0.3, 0.4) is 0 Å². The Morgan fingerprint density at radius 3 is 2.69 bits per heavy atom. The molecule has 5 aromatic rings. The molecule has 3 N–H and O–H groups in total. The number of amides is 1. The summed E-state index contributed by atoms with van der Waals surface area (Å²) in [5.74, 6) is 1.06. The number of carbonyl (C=O) groups is 1. The highest BCUT2D eigenvalue weighted by Gasteiger charge is 2.23. The molecule has 4 aromatic heterocycles. The Morgan fingerprint density at radius 2 is 1.85 bits per heavy atom. The molecule has 0 radical (unpaired) electrons. The number of rotatable bonds is 5. The summed E-state index contributed by atoms with van der Waals surface area (Å²) in [6.07, 6.45) is 12.6. The molecule has 9 nitrogen and oxygen atoms in total. The average Bonchev–Trinajstić information content (AvgIpc) is 3.73. The van der Waals surface area contributed by atoms with Crippen LogP contribution in [0.4, 0.5) is 15.9 Å². The van der Waals surface area contributed by atoms with Crippen molar-refractivity contribution in [3.05, 3.63) is 48.7 Å². The first kappa shape index (κ1) is 23.8. The molecule has 1 saturated carbocycles. The minimum Gasteiger partial charge on any atom is -0.355 e. The number of carbonyl (C=O) groups excluding carboxylic acids is 1. The van der Waals surface area contributed by atoms with E-state index in [-0.39, 0.29) is 17.3 Å². The number of aromatic amines is 2. The second-order valence-electron chi connectivity index (χ2n) is 10.5. The van der Waals surface area contributed by atoms with Crippen molar-refractivity contribution in [3.63, 3.8) is 0 Å². The molecular formula is C29H29FN8O. The summed E-state index contributed by atoms with van der Waals surface area (Å²) in [6, 6.07) is 7.07. The molecule has 1 saturated heterocycles. The van der Waals surface area contributed by atoms with E-state index in [0.717, 1.165) is 68.5 Å². The van der Waals surface area contributed by atoms with Crippen LogP contribution < -0.4 is 10.2 Å². The summed E-state index contributed by atoms with van der Waals surface area (Å²) in [5.41, 5.74) is 4.45. The number of benzene rings is 1. The van der Waals surface area contributed by atoms with Gasteiger partial charge in [-0.3, -0.25) is 14.9 Å². The SMILES string of the molecule is O=C(Nc1cncc(-c2cc(F)c3n[nH]c(-c4nc5c(N6CCCCC6)nccc5[nH]4)c3c2)c1)C1CCCC1. The molecule has 198 valence electrons. The topological polar surface area (TPSA) is 115 Å². The number of nitrogens with zero attached hydrogens (tertiary/aromatic N) is 5. The minimum absolute atomic E-state index is 0.0218. The number of halogens is 1. The smallest absolute Gasteiger partial charge is 0.227 e. The highest BCUT2D eigenvalue weighted by molar-refractivity contribution is 5.98. The quantitative estimate of drug-likeness (QED) is 0.267. The Kier molecular flexibility index (Phi) is 5.94. The largest absolute Gasteiger partial charge is 0.355 e. The zero-order chi connectivity index (χ0) is 26.3. The van der Waals surface area contributed by atoms with E-state index in [4.69, 9.17) is 4.98 Å². The lowest BCUT2D eigenvalue weighted by molar-refractivity contribution is -0.119. The first-order chi connectivity index (χ1) is 19.1. The number of fused-ring (bicyclic) bond motifs is 2. The van der Waals surface area contributed by atoms with E-state index in [9.17, 15) is 4.79 Å². The lowest BCUT2D eigenvalue weighted by atomic mass is 10.0. The Bertz CT molecular complexity index is 1680. The summed E-state index contributed by atoms with van der Waals surface area (Å²) in [6.45, 7) is 1.92. The summed E-state index contributed by atoms with van der Waals surface area (Å²) in [4.78, 5) is 32.1. The molecular weight excluding hydrogens is 495 g/mol. The van der Waals surface area contributed by atoms with Gasteiger partial charge in [0.15, 0.2) is 17.5 Å². The van der Waals surface area contributed by atoms with Gasteiger partial charge in [-0.05, 0) is 61.9 Å². The number of aromatic nitrogens is 6. The van der Waals surface area contributed by atoms with Gasteiger partial charge >= 0.3 is 0 Å². The van der Waals surface area contributed by atoms with Gasteiger partial charge in [0.2, 0.25) is 5.91 Å². The van der Waals surface area contributed by atoms with Crippen molar-refractivity contribution in [2.45, 2.75) is 44.9 Å². The Morgan fingerprint density at radius 1 is 1.00 bits per heavy atom. The fraction of sp³-hybridized carbons (Fsp3) is 0.345. The highest BCUT2D eigenvalue weighted by atomic mass is 19.1. The lowest BCUT2D eigenvalue weighted by Gasteiger charge is -2.27. The number of anilines is 2. The second-order valence-corrected chi connectivity index (χ2v) is 10.5. The van der Waals surface area contributed by atoms with E-state index in [1.165, 1.54) is 12.5 Å². The van der Waals surface area contributed by atoms with Gasteiger partial charge in [0.1, 0.15) is 16.7 Å². The van der Waals surface area contributed by atoms with Crippen molar-refractivity contribution < 1.29 is 9.18 Å². The van der Waals surface area contributed by atoms with Crippen LogP contribution in [0.2, 0.25) is 0 Å². The van der Waals surface area contributed by atoms with E-state index in [2.05, 4.69) is 35.4 Å². The fourth-order valence-electron chi connectivity index (χ4n) is 5.90. The number of H-pyrrole nitrogens is 2. The monoisotopic (exact) mass is 524 g/mol. The van der Waals surface area contributed by atoms with E-state index in [0.29, 0.717) is 33.7 Å². The van der Waals surface area contributed by atoms with Crippen LogP contribution in [0.25, 0.3) is 44.6 Å². The van der Waals surface area contributed by atoms with Gasteiger partial charge in [-0.15, -0.1) is 0 Å². The van der Waals surface area contributed by atoms with Crippen molar-refractivity contribution in [2.75, 3.05) is 23.3 Å². The maximum atomic E-state index is 15.3. The van der Waals surface area contributed by atoms with Crippen LogP contribution in [0.15, 0.2) is 42.9 Å². The first-order valence-corrected chi connectivity index (χ1v) is 13.7. The zero-order valence-corrected chi connectivity index (χ0v) is 21.5. The molecule has 2 aliphatic rings. The van der Waals surface area contributed by atoms with E-state index < -0.39 is 5.82 Å². The van der Waals surface area contributed by atoms with Gasteiger partial charge in [-0.25, -0.2) is 14.4 Å². The molecule has 10 heteroatoms. The van der Waals surface area contributed by atoms with Crippen molar-refractivity contribution in [2.24, 2.45) is 5.92 Å². The maximum Gasteiger partial charge on any atom is 0.227 e. The van der Waals surface area contributed by atoms with E-state index in [1.54, 1.807) is 18.6 Å². The van der Waals surface area contributed by atoms with Crippen molar-refractivity contribution in [3.8, 4) is 22.6 Å². The second kappa shape index (κ2) is 9.76. The van der Waals surface area contributed by atoms with Crippen molar-refractivity contribution in [1.29, 1.82) is 0 Å². The van der Waals surface area contributed by atoms with Crippen molar-refractivity contribution >= 4 is 39.3 Å². The van der Waals surface area contributed by atoms with Gasteiger partial charge in [0, 0.05) is 42.4 Å². The van der Waals surface area contributed by atoms with Gasteiger partial charge in [-0.1, -0.05) is 12.8 Å². The number of hydrogen-bond acceptors (Lipinski definition) is 6. The molecule has 1 aliphatic heterocycles. The number of piperidine rings is 1. The number of pyridine rings is 2. The first-order valence-electron chi connectivity index (χ1n) is 13.7. The fourth-order valence-corrected chi connectivity index (χ4v) is 5.90. The molecule has 1 aliphatic carbocycles. The van der Waals surface area contributed by atoms with Crippen LogP contribution >= 0.6 is 0 Å². The summed E-state index contributed by atoms with van der Waals surface area (Å²) in [7, 11) is 0. The standard InChI is InChI=1S/C29H29FN8O/c30-22-14-18(19-12-20(16-31-15-19)33-29(39)17-6-2-3-7-17)13-21-24(22)36-37-25(21)27-34-23-8-9-32-28(26(23)35-27)38-10-4-1-5-11-38/h8-9,12-17H,1-7,10-11H2,(H,33,39)(H,34,35)(H,36,37). The van der Waals surface area contributed by atoms with Crippen LogP contribution in [-0.4, -0.2) is 49.1 Å². The predicted molar refractivity (Wildman–Crippen MR) is 149 cm³/mol. The Labute approximate surface area is 224 Å². The number of imidazole rings is 1. The summed E-state index contributed by atoms with van der Waals surface area (Å²) >= 11 is 0. The third-order valence-corrected chi connectivity index (χ3v) is 7.95. The molecule has 1 amide bonds. The van der Waals surface area contributed by atoms with Crippen molar-refractivity contribution in [1.82, 2.24) is 30.1 Å². The van der Waals surface area contributed by atoms with E-state index in [1.807, 2.05) is 18.2 Å². The lowest BCUT2D eigenvalue weighted by Crippen LogP contribution is -2.30. The van der Waals surface area contributed by atoms with Gasteiger partial charge < -0.3 is 15.2 Å². The molecule has 0 bridgehead atoms. The maximum absolute atomic E-state index is 15.3. The normalized spacial score (nSPS) is 16.4. The third-order valence-electron chi connectivity index (χ3n) is 7.95. The molecule has 1 aromatic carbocycles. The number of hydrogen-bond donors (Lipinski definition) is 3. The predicted octanol–water partition coefficient (Wildman–Crippen LogP) is 5.82. The molecule has 0 unspecified atom stereocenters. The van der Waals surface area contributed by atoms with Crippen LogP contribution in [0, 0.1) is 11.7 Å². The van der Waals surface area contributed by atoms with Crippen LogP contribution in [0.1, 0.15) is 44.9 Å². The third kappa shape index (κ3) is 4.39. The summed E-state index contributed by atoms with van der Waals surface area (Å²) < 4.78 is 15.3. The zero-order valence-electron chi connectivity index (χ0n) is 21.5. The van der Waals surface area contributed by atoms with Gasteiger partial charge in [0.25, 0.3) is 0 Å². The minimum atomic E-state index is -0.447. The molecule has 2 fully saturated rings. The number of nitrogens with one attached hydrogen (secondary N) is 3. The highest BCUT2D eigenvalue weighted by Crippen LogP contribution is 2.34. The van der Waals surface area contributed by atoms with Gasteiger partial charge in [-0.2, -0.15) is 5.10 Å². The Hall–Kier alpha value is -4.34. The molecule has 5 heterocycles. The van der Waals surface area contributed by atoms with Crippen LogP contribution in [0.5, 0.6) is 0 Å². The average molecular weight is 525 g/mol. The van der Waals surface area contributed by atoms with Crippen LogP contribution in [-0.2, 0) is 4.79 Å².